The summed E-state index contributed by atoms with van der Waals surface area (Å²) in [6.45, 7) is 3.91. The summed E-state index contributed by atoms with van der Waals surface area (Å²) in [5, 5.41) is 16.1. The molecular formula is C12H18N4O3. The summed E-state index contributed by atoms with van der Waals surface area (Å²) in [6.07, 6.45) is 3.26. The Morgan fingerprint density at radius 2 is 2.26 bits per heavy atom. The van der Waals surface area contributed by atoms with Crippen LogP contribution in [0.3, 0.4) is 0 Å². The number of carbonyl (C=O) groups is 2. The molecule has 0 aliphatic heterocycles. The highest BCUT2D eigenvalue weighted by atomic mass is 16.4. The van der Waals surface area contributed by atoms with Crippen molar-refractivity contribution in [1.29, 1.82) is 0 Å². The zero-order valence-corrected chi connectivity index (χ0v) is 11.1. The molecule has 7 heteroatoms. The van der Waals surface area contributed by atoms with Crippen molar-refractivity contribution in [2.24, 2.45) is 5.41 Å². The van der Waals surface area contributed by atoms with E-state index in [0.29, 0.717) is 12.4 Å². The molecule has 0 bridgehead atoms. The largest absolute Gasteiger partial charge is 0.480 e. The van der Waals surface area contributed by atoms with Crippen molar-refractivity contribution in [3.05, 3.63) is 12.2 Å². The van der Waals surface area contributed by atoms with E-state index in [0.717, 1.165) is 12.8 Å². The summed E-state index contributed by atoms with van der Waals surface area (Å²) in [7, 11) is 0. The quantitative estimate of drug-likeness (QED) is 0.717. The monoisotopic (exact) mass is 266 g/mol. The van der Waals surface area contributed by atoms with Crippen LogP contribution in [0.15, 0.2) is 6.33 Å². The molecule has 0 aromatic carbocycles. The Kier molecular flexibility index (Phi) is 3.55. The summed E-state index contributed by atoms with van der Waals surface area (Å²) in [5.41, 5.74) is -1.51. The van der Waals surface area contributed by atoms with E-state index in [9.17, 15) is 14.7 Å². The van der Waals surface area contributed by atoms with Gasteiger partial charge in [-0.25, -0.2) is 4.98 Å². The van der Waals surface area contributed by atoms with Crippen LogP contribution < -0.4 is 5.32 Å². The van der Waals surface area contributed by atoms with Gasteiger partial charge >= 0.3 is 5.97 Å². The molecule has 1 fully saturated rings. The van der Waals surface area contributed by atoms with Crippen LogP contribution in [0.5, 0.6) is 0 Å². The first kappa shape index (κ1) is 13.5. The minimum absolute atomic E-state index is 0.0364. The molecule has 1 aromatic rings. The lowest BCUT2D eigenvalue weighted by molar-refractivity contribution is -0.154. The Hall–Kier alpha value is -1.92. The molecule has 1 aliphatic rings. The van der Waals surface area contributed by atoms with Crippen molar-refractivity contribution in [3.8, 4) is 0 Å². The van der Waals surface area contributed by atoms with Gasteiger partial charge in [0, 0.05) is 19.0 Å². The van der Waals surface area contributed by atoms with Gasteiger partial charge in [0.05, 0.1) is 0 Å². The highest BCUT2D eigenvalue weighted by molar-refractivity contribution is 6.01. The van der Waals surface area contributed by atoms with Crippen molar-refractivity contribution in [1.82, 2.24) is 20.1 Å². The van der Waals surface area contributed by atoms with Crippen molar-refractivity contribution < 1.29 is 14.7 Å². The molecule has 2 rings (SSSR count). The van der Waals surface area contributed by atoms with E-state index in [1.165, 1.54) is 13.3 Å². The number of aryl methyl sites for hydroxylation is 1. The van der Waals surface area contributed by atoms with E-state index in [4.69, 9.17) is 0 Å². The molecule has 104 valence electrons. The Morgan fingerprint density at radius 1 is 1.58 bits per heavy atom. The van der Waals surface area contributed by atoms with Gasteiger partial charge in [-0.1, -0.05) is 0 Å². The van der Waals surface area contributed by atoms with Crippen molar-refractivity contribution in [3.63, 3.8) is 0 Å². The first-order valence-corrected chi connectivity index (χ1v) is 6.38. The molecule has 1 heterocycles. The van der Waals surface area contributed by atoms with Gasteiger partial charge < -0.3 is 10.4 Å². The highest BCUT2D eigenvalue weighted by Gasteiger charge is 2.44. The smallest absolute Gasteiger partial charge is 0.319 e. The fourth-order valence-electron chi connectivity index (χ4n) is 1.83. The van der Waals surface area contributed by atoms with E-state index in [1.807, 2.05) is 6.92 Å². The minimum atomic E-state index is -1.51. The van der Waals surface area contributed by atoms with Crippen LogP contribution in [0.4, 0.5) is 0 Å². The van der Waals surface area contributed by atoms with Crippen LogP contribution in [0.25, 0.3) is 0 Å². The van der Waals surface area contributed by atoms with Gasteiger partial charge in [-0.3, -0.25) is 14.3 Å². The predicted molar refractivity (Wildman–Crippen MR) is 66.3 cm³/mol. The number of carboxylic acid groups (broad SMARTS) is 1. The van der Waals surface area contributed by atoms with Gasteiger partial charge in [0.15, 0.2) is 5.41 Å². The summed E-state index contributed by atoms with van der Waals surface area (Å²) in [5.74, 6) is -1.08. The van der Waals surface area contributed by atoms with Gasteiger partial charge in [0.25, 0.3) is 0 Å². The second-order valence-electron chi connectivity index (χ2n) is 5.05. The normalized spacial score (nSPS) is 17.8. The summed E-state index contributed by atoms with van der Waals surface area (Å²) in [4.78, 5) is 27.6. The van der Waals surface area contributed by atoms with Crippen LogP contribution in [0, 0.1) is 5.41 Å². The fourth-order valence-corrected chi connectivity index (χ4v) is 1.83. The Bertz CT molecular complexity index is 495. The maximum absolute atomic E-state index is 12.1. The molecular weight excluding hydrogens is 248 g/mol. The Morgan fingerprint density at radius 3 is 2.79 bits per heavy atom. The van der Waals surface area contributed by atoms with Crippen LogP contribution in [-0.2, 0) is 22.6 Å². The molecule has 0 spiro atoms. The predicted octanol–water partition coefficient (Wildman–Crippen LogP) is 0.210. The maximum atomic E-state index is 12.1. The number of hydrogen-bond donors (Lipinski definition) is 2. The van der Waals surface area contributed by atoms with Gasteiger partial charge in [-0.15, -0.1) is 0 Å². The number of hydrogen-bond acceptors (Lipinski definition) is 4. The lowest BCUT2D eigenvalue weighted by atomic mass is 9.85. The third kappa shape index (κ3) is 2.74. The molecule has 1 saturated carbocycles. The van der Waals surface area contributed by atoms with Crippen molar-refractivity contribution in [2.75, 3.05) is 0 Å². The van der Waals surface area contributed by atoms with E-state index in [-0.39, 0.29) is 12.5 Å². The average Bonchev–Trinajstić information content (AvgIpc) is 3.06. The Balaban J connectivity index is 2.18. The van der Waals surface area contributed by atoms with Gasteiger partial charge in [-0.05, 0) is 26.7 Å². The van der Waals surface area contributed by atoms with Gasteiger partial charge in [0.2, 0.25) is 5.91 Å². The zero-order chi connectivity index (χ0) is 14.0. The van der Waals surface area contributed by atoms with E-state index < -0.39 is 17.3 Å². The minimum Gasteiger partial charge on any atom is -0.480 e. The van der Waals surface area contributed by atoms with Crippen LogP contribution in [0.2, 0.25) is 0 Å². The summed E-state index contributed by atoms with van der Waals surface area (Å²) < 4.78 is 1.60. The number of nitrogens with zero attached hydrogens (tertiary/aromatic N) is 3. The number of amides is 1. The first-order valence-electron chi connectivity index (χ1n) is 6.38. The van der Waals surface area contributed by atoms with E-state index in [1.54, 1.807) is 4.68 Å². The topological polar surface area (TPSA) is 97.1 Å². The number of carboxylic acids is 1. The number of aromatic nitrogens is 3. The van der Waals surface area contributed by atoms with Crippen LogP contribution in [0.1, 0.15) is 32.5 Å². The van der Waals surface area contributed by atoms with E-state index in [2.05, 4.69) is 15.4 Å². The number of carbonyl (C=O) groups excluding carboxylic acids is 1. The second kappa shape index (κ2) is 4.99. The second-order valence-corrected chi connectivity index (χ2v) is 5.05. The lowest BCUT2D eigenvalue weighted by Crippen LogP contribution is -2.47. The number of rotatable bonds is 6. The zero-order valence-electron chi connectivity index (χ0n) is 11.1. The average molecular weight is 266 g/mol. The number of nitrogens with one attached hydrogen (secondary N) is 1. The third-order valence-corrected chi connectivity index (χ3v) is 3.39. The standard InChI is InChI=1S/C12H18N4O3/c1-3-16-9(13-7-14-16)6-12(2,11(18)19)10(17)15-8-4-5-8/h7-8H,3-6H2,1-2H3,(H,15,17)(H,18,19). The SMILES string of the molecule is CCn1ncnc1CC(C)(C(=O)O)C(=O)NC1CC1. The molecule has 1 unspecified atom stereocenters. The first-order chi connectivity index (χ1) is 8.97. The molecule has 2 N–H and O–H groups in total. The number of aliphatic carboxylic acids is 1. The molecule has 7 nitrogen and oxygen atoms in total. The maximum Gasteiger partial charge on any atom is 0.319 e. The van der Waals surface area contributed by atoms with Crippen LogP contribution >= 0.6 is 0 Å². The molecule has 1 amide bonds. The summed E-state index contributed by atoms with van der Waals surface area (Å²) >= 11 is 0. The Labute approximate surface area is 111 Å². The highest BCUT2D eigenvalue weighted by Crippen LogP contribution is 2.26. The third-order valence-electron chi connectivity index (χ3n) is 3.39. The molecule has 19 heavy (non-hydrogen) atoms. The van der Waals surface area contributed by atoms with Crippen molar-refractivity contribution >= 4 is 11.9 Å². The van der Waals surface area contributed by atoms with Crippen molar-refractivity contribution in [2.45, 2.75) is 45.7 Å². The summed E-state index contributed by atoms with van der Waals surface area (Å²) in [6, 6.07) is 0.134. The molecule has 1 aromatic heterocycles. The fraction of sp³-hybridized carbons (Fsp3) is 0.667. The van der Waals surface area contributed by atoms with Gasteiger partial charge in [0.1, 0.15) is 12.2 Å². The van der Waals surface area contributed by atoms with Crippen LogP contribution in [-0.4, -0.2) is 37.8 Å². The lowest BCUT2D eigenvalue weighted by Gasteiger charge is -2.23. The molecule has 0 radical (unpaired) electrons. The van der Waals surface area contributed by atoms with E-state index >= 15 is 0 Å². The van der Waals surface area contributed by atoms with Gasteiger partial charge in [-0.2, -0.15) is 5.10 Å². The molecule has 0 saturated heterocycles. The molecule has 1 atom stereocenters. The molecule has 1 aliphatic carbocycles.